The predicted molar refractivity (Wildman–Crippen MR) is 74.4 cm³/mol. The van der Waals surface area contributed by atoms with E-state index in [1.54, 1.807) is 13.0 Å². The summed E-state index contributed by atoms with van der Waals surface area (Å²) in [4.78, 5) is 11.3. The summed E-state index contributed by atoms with van der Waals surface area (Å²) in [5.41, 5.74) is 0.674. The van der Waals surface area contributed by atoms with Gasteiger partial charge in [-0.2, -0.15) is 0 Å². The number of hydrogen-bond acceptors (Lipinski definition) is 3. The SMILES string of the molecule is CC=C(C)C(=O)OCCCCCCCCC(C)O. The Labute approximate surface area is 111 Å². The summed E-state index contributed by atoms with van der Waals surface area (Å²) in [6.07, 6.45) is 9.23. The number of carbonyl (C=O) groups is 1. The third-order valence-electron chi connectivity index (χ3n) is 3.00. The molecular weight excluding hydrogens is 228 g/mol. The highest BCUT2D eigenvalue weighted by Gasteiger charge is 2.03. The van der Waals surface area contributed by atoms with Gasteiger partial charge in [-0.25, -0.2) is 4.79 Å². The number of rotatable bonds is 10. The van der Waals surface area contributed by atoms with Crippen LogP contribution < -0.4 is 0 Å². The van der Waals surface area contributed by atoms with Crippen LogP contribution in [0.25, 0.3) is 0 Å². The van der Waals surface area contributed by atoms with Gasteiger partial charge in [-0.05, 0) is 33.6 Å². The standard InChI is InChI=1S/C15H28O3/c1-4-13(2)15(17)18-12-10-8-6-5-7-9-11-14(3)16/h4,14,16H,5-12H2,1-3H3. The molecule has 0 saturated heterocycles. The second kappa shape index (κ2) is 11.3. The van der Waals surface area contributed by atoms with Crippen molar-refractivity contribution in [2.75, 3.05) is 6.61 Å². The first-order chi connectivity index (χ1) is 8.57. The Bertz CT molecular complexity index is 244. The van der Waals surface area contributed by atoms with Gasteiger partial charge in [-0.3, -0.25) is 0 Å². The van der Waals surface area contributed by atoms with Crippen LogP contribution >= 0.6 is 0 Å². The van der Waals surface area contributed by atoms with E-state index in [-0.39, 0.29) is 12.1 Å². The summed E-state index contributed by atoms with van der Waals surface area (Å²) in [5, 5.41) is 9.09. The van der Waals surface area contributed by atoms with E-state index >= 15 is 0 Å². The van der Waals surface area contributed by atoms with Crippen LogP contribution in [0.2, 0.25) is 0 Å². The van der Waals surface area contributed by atoms with Crippen molar-refractivity contribution in [3.05, 3.63) is 11.6 Å². The van der Waals surface area contributed by atoms with Crippen molar-refractivity contribution in [3.8, 4) is 0 Å². The molecule has 3 nitrogen and oxygen atoms in total. The Morgan fingerprint density at radius 3 is 2.28 bits per heavy atom. The normalized spacial score (nSPS) is 13.4. The number of allylic oxidation sites excluding steroid dienone is 1. The molecule has 18 heavy (non-hydrogen) atoms. The van der Waals surface area contributed by atoms with Crippen LogP contribution in [0.15, 0.2) is 11.6 Å². The van der Waals surface area contributed by atoms with Crippen molar-refractivity contribution in [3.63, 3.8) is 0 Å². The topological polar surface area (TPSA) is 46.5 Å². The summed E-state index contributed by atoms with van der Waals surface area (Å²) < 4.78 is 5.11. The second-order valence-electron chi connectivity index (χ2n) is 4.87. The van der Waals surface area contributed by atoms with Crippen LogP contribution in [0, 0.1) is 0 Å². The van der Waals surface area contributed by atoms with Crippen molar-refractivity contribution in [2.45, 2.75) is 71.8 Å². The Balaban J connectivity index is 3.24. The number of unbranched alkanes of at least 4 members (excludes halogenated alkanes) is 5. The third-order valence-corrected chi connectivity index (χ3v) is 3.00. The zero-order valence-corrected chi connectivity index (χ0v) is 12.1. The quantitative estimate of drug-likeness (QED) is 0.369. The molecule has 0 aliphatic heterocycles. The fraction of sp³-hybridized carbons (Fsp3) is 0.800. The lowest BCUT2D eigenvalue weighted by Gasteiger charge is -2.05. The van der Waals surface area contributed by atoms with Gasteiger partial charge in [0, 0.05) is 5.57 Å². The van der Waals surface area contributed by atoms with E-state index in [2.05, 4.69) is 0 Å². The minimum atomic E-state index is -0.200. The molecule has 1 N–H and O–H groups in total. The molecule has 0 aromatic heterocycles. The first kappa shape index (κ1) is 17.2. The number of aliphatic hydroxyl groups excluding tert-OH is 1. The van der Waals surface area contributed by atoms with E-state index in [0.29, 0.717) is 12.2 Å². The van der Waals surface area contributed by atoms with Gasteiger partial charge in [0.15, 0.2) is 0 Å². The van der Waals surface area contributed by atoms with Crippen LogP contribution in [0.5, 0.6) is 0 Å². The number of hydrogen-bond donors (Lipinski definition) is 1. The highest BCUT2D eigenvalue weighted by atomic mass is 16.5. The molecule has 0 aliphatic carbocycles. The molecule has 0 heterocycles. The summed E-state index contributed by atoms with van der Waals surface area (Å²) in [6, 6.07) is 0. The Morgan fingerprint density at radius 2 is 1.72 bits per heavy atom. The fourth-order valence-electron chi connectivity index (χ4n) is 1.65. The smallest absolute Gasteiger partial charge is 0.333 e. The zero-order chi connectivity index (χ0) is 13.8. The zero-order valence-electron chi connectivity index (χ0n) is 12.1. The molecular formula is C15H28O3. The number of ether oxygens (including phenoxy) is 1. The molecule has 106 valence electrons. The molecule has 1 unspecified atom stereocenters. The number of aliphatic hydroxyl groups is 1. The van der Waals surface area contributed by atoms with Gasteiger partial charge in [0.1, 0.15) is 0 Å². The Hall–Kier alpha value is -0.830. The number of carbonyl (C=O) groups excluding carboxylic acids is 1. The molecule has 0 bridgehead atoms. The van der Waals surface area contributed by atoms with Gasteiger partial charge in [-0.15, -0.1) is 0 Å². The highest BCUT2D eigenvalue weighted by Crippen LogP contribution is 2.09. The van der Waals surface area contributed by atoms with E-state index in [9.17, 15) is 4.79 Å². The minimum Gasteiger partial charge on any atom is -0.462 e. The van der Waals surface area contributed by atoms with Gasteiger partial charge in [0.25, 0.3) is 0 Å². The molecule has 0 aromatic carbocycles. The maximum Gasteiger partial charge on any atom is 0.333 e. The first-order valence-corrected chi connectivity index (χ1v) is 7.06. The van der Waals surface area contributed by atoms with Crippen LogP contribution in [-0.2, 0) is 9.53 Å². The van der Waals surface area contributed by atoms with Gasteiger partial charge >= 0.3 is 5.97 Å². The second-order valence-corrected chi connectivity index (χ2v) is 4.87. The Morgan fingerprint density at radius 1 is 1.17 bits per heavy atom. The lowest BCUT2D eigenvalue weighted by molar-refractivity contribution is -0.139. The van der Waals surface area contributed by atoms with Crippen LogP contribution in [0.1, 0.15) is 65.7 Å². The lowest BCUT2D eigenvalue weighted by Crippen LogP contribution is -2.06. The summed E-state index contributed by atoms with van der Waals surface area (Å²) in [7, 11) is 0. The maximum atomic E-state index is 11.3. The molecule has 0 amide bonds. The van der Waals surface area contributed by atoms with Gasteiger partial charge in [0.2, 0.25) is 0 Å². The molecule has 0 spiro atoms. The van der Waals surface area contributed by atoms with Gasteiger partial charge in [0.05, 0.1) is 12.7 Å². The molecule has 3 heteroatoms. The minimum absolute atomic E-state index is 0.167. The molecule has 0 radical (unpaired) electrons. The van der Waals surface area contributed by atoms with Gasteiger partial charge in [-0.1, -0.05) is 38.2 Å². The third kappa shape index (κ3) is 10.3. The highest BCUT2D eigenvalue weighted by molar-refractivity contribution is 5.87. The average Bonchev–Trinajstić information content (AvgIpc) is 2.35. The molecule has 0 saturated carbocycles. The summed E-state index contributed by atoms with van der Waals surface area (Å²) in [6.45, 7) is 5.97. The van der Waals surface area contributed by atoms with E-state index in [0.717, 1.165) is 25.7 Å². The van der Waals surface area contributed by atoms with Crippen LogP contribution in [-0.4, -0.2) is 23.8 Å². The van der Waals surface area contributed by atoms with Crippen molar-refractivity contribution >= 4 is 5.97 Å². The fourth-order valence-corrected chi connectivity index (χ4v) is 1.65. The van der Waals surface area contributed by atoms with E-state index < -0.39 is 0 Å². The molecule has 0 rings (SSSR count). The van der Waals surface area contributed by atoms with Gasteiger partial charge < -0.3 is 9.84 Å². The lowest BCUT2D eigenvalue weighted by atomic mass is 10.1. The van der Waals surface area contributed by atoms with Crippen molar-refractivity contribution in [1.29, 1.82) is 0 Å². The molecule has 0 aliphatic rings. The van der Waals surface area contributed by atoms with E-state index in [1.165, 1.54) is 19.3 Å². The van der Waals surface area contributed by atoms with Crippen molar-refractivity contribution < 1.29 is 14.6 Å². The first-order valence-electron chi connectivity index (χ1n) is 7.06. The van der Waals surface area contributed by atoms with E-state index in [4.69, 9.17) is 9.84 Å². The summed E-state index contributed by atoms with van der Waals surface area (Å²) in [5.74, 6) is -0.200. The predicted octanol–water partition coefficient (Wildman–Crippen LogP) is 3.61. The number of esters is 1. The van der Waals surface area contributed by atoms with Crippen LogP contribution in [0.4, 0.5) is 0 Å². The largest absolute Gasteiger partial charge is 0.462 e. The van der Waals surface area contributed by atoms with Crippen molar-refractivity contribution in [1.82, 2.24) is 0 Å². The molecule has 0 fully saturated rings. The molecule has 1 atom stereocenters. The van der Waals surface area contributed by atoms with Crippen LogP contribution in [0.3, 0.4) is 0 Å². The average molecular weight is 256 g/mol. The monoisotopic (exact) mass is 256 g/mol. The molecule has 0 aromatic rings. The maximum absolute atomic E-state index is 11.3. The van der Waals surface area contributed by atoms with E-state index in [1.807, 2.05) is 13.8 Å². The summed E-state index contributed by atoms with van der Waals surface area (Å²) >= 11 is 0. The van der Waals surface area contributed by atoms with Crippen molar-refractivity contribution in [2.24, 2.45) is 0 Å². The Kier molecular flexibility index (Phi) is 10.8.